The van der Waals surface area contributed by atoms with Crippen molar-refractivity contribution in [1.29, 1.82) is 0 Å². The molecule has 1 heterocycles. The number of nitrogens with zero attached hydrogens (tertiary/aromatic N) is 2. The predicted octanol–water partition coefficient (Wildman–Crippen LogP) is 8.24. The van der Waals surface area contributed by atoms with Crippen molar-refractivity contribution in [3.63, 3.8) is 0 Å². The van der Waals surface area contributed by atoms with E-state index >= 15 is 4.39 Å². The van der Waals surface area contributed by atoms with Crippen molar-refractivity contribution >= 4 is 81.4 Å². The number of aliphatic carboxylic acids is 2. The summed E-state index contributed by atoms with van der Waals surface area (Å²) in [6.45, 7) is 19.9. The molecule has 0 radical (unpaired) electrons. The Labute approximate surface area is 457 Å². The monoisotopic (exact) mass is 1160 g/mol. The normalized spacial score (nSPS) is 13.0. The molecule has 430 valence electrons. The molecule has 17 nitrogen and oxygen atoms in total. The van der Waals surface area contributed by atoms with Crippen LogP contribution in [0.4, 0.5) is 26.7 Å². The topological polar surface area (TPSA) is 249 Å². The van der Waals surface area contributed by atoms with Gasteiger partial charge >= 0.3 is 30.2 Å². The third kappa shape index (κ3) is 27.1. The van der Waals surface area contributed by atoms with Crippen LogP contribution in [0.5, 0.6) is 0 Å². The quantitative estimate of drug-likeness (QED) is 0.0166. The smallest absolute Gasteiger partial charge is 0.480 e. The van der Waals surface area contributed by atoms with E-state index in [0.29, 0.717) is 36.9 Å². The summed E-state index contributed by atoms with van der Waals surface area (Å²) in [4.78, 5) is 88.1. The van der Waals surface area contributed by atoms with Gasteiger partial charge in [0.1, 0.15) is 23.7 Å². The largest absolute Gasteiger partial charge is 0.490 e. The zero-order valence-electron chi connectivity index (χ0n) is 45.2. The first kappa shape index (κ1) is 67.7. The first-order valence-electron chi connectivity index (χ1n) is 24.7. The molecular weight excluding hydrogens is 1090 g/mol. The molecule has 0 spiro atoms. The molecule has 7 N–H and O–H groups in total. The number of amides is 4. The maximum Gasteiger partial charge on any atom is 0.490 e. The zero-order chi connectivity index (χ0) is 58.3. The number of carbonyl (C=O) groups is 7. The number of thioether (sulfide) groups is 2. The Morgan fingerprint density at radius 1 is 0.818 bits per heavy atom. The van der Waals surface area contributed by atoms with Crippen LogP contribution in [0.25, 0.3) is 11.1 Å². The second-order valence-corrected chi connectivity index (χ2v) is 34.8. The molecule has 3 aromatic rings. The number of ether oxygens (including phenoxy) is 2. The van der Waals surface area contributed by atoms with Gasteiger partial charge in [-0.2, -0.15) is 24.9 Å². The SMILES string of the molecule is CC(C)(C)C(c1cc(-c2cc(F)ccc2F)cn1Cc1ccccc1)N(CCCNC(=O)OCC[Si](C)(C)C)C(=O)CSCCC(=O)NC(CNC(=O)CSCC(N)C(=O)O)C(=O)OCC[Si](C)(C)C.O=C(O)C(F)(F)F. The molecule has 0 aliphatic carbocycles. The Kier molecular flexibility index (Phi) is 28.0. The van der Waals surface area contributed by atoms with Crippen LogP contribution in [0, 0.1) is 17.0 Å². The summed E-state index contributed by atoms with van der Waals surface area (Å²) in [5, 5.41) is 24.2. The lowest BCUT2D eigenvalue weighted by atomic mass is 9.83. The number of carboxylic acid groups (broad SMARTS) is 2. The number of esters is 1. The molecule has 0 saturated carbocycles. The van der Waals surface area contributed by atoms with Gasteiger partial charge in [0.2, 0.25) is 17.7 Å². The molecule has 1 aromatic heterocycles. The number of nitrogens with one attached hydrogen (secondary N) is 3. The first-order valence-corrected chi connectivity index (χ1v) is 34.5. The molecule has 0 fully saturated rings. The van der Waals surface area contributed by atoms with Crippen molar-refractivity contribution < 1.29 is 75.2 Å². The molecule has 3 atom stereocenters. The van der Waals surface area contributed by atoms with Crippen molar-refractivity contribution in [2.75, 3.05) is 55.9 Å². The van der Waals surface area contributed by atoms with Crippen LogP contribution in [-0.2, 0) is 44.8 Å². The highest BCUT2D eigenvalue weighted by atomic mass is 32.2. The Balaban J connectivity index is 0.00000270. The number of alkyl carbamates (subject to hydrolysis) is 1. The summed E-state index contributed by atoms with van der Waals surface area (Å²) in [5.41, 5.74) is 7.05. The van der Waals surface area contributed by atoms with E-state index in [2.05, 4.69) is 55.2 Å². The molecule has 3 unspecified atom stereocenters. The molecule has 0 aliphatic heterocycles. The van der Waals surface area contributed by atoms with Crippen LogP contribution in [0.2, 0.25) is 51.4 Å². The number of nitrogens with two attached hydrogens (primary N) is 1. The Hall–Kier alpha value is -5.45. The van der Waals surface area contributed by atoms with Gasteiger partial charge < -0.3 is 50.8 Å². The highest BCUT2D eigenvalue weighted by Crippen LogP contribution is 2.41. The molecule has 26 heteroatoms. The van der Waals surface area contributed by atoms with E-state index in [1.165, 1.54) is 11.8 Å². The average molecular weight is 1160 g/mol. The second kappa shape index (κ2) is 31.8. The molecule has 4 amide bonds. The van der Waals surface area contributed by atoms with Crippen LogP contribution in [0.15, 0.2) is 60.8 Å². The lowest BCUT2D eigenvalue weighted by Gasteiger charge is -2.41. The van der Waals surface area contributed by atoms with Gasteiger partial charge in [0.25, 0.3) is 0 Å². The summed E-state index contributed by atoms with van der Waals surface area (Å²) in [5.74, 6) is -7.08. The van der Waals surface area contributed by atoms with Crippen molar-refractivity contribution in [2.45, 2.75) is 116 Å². The minimum absolute atomic E-state index is 0.00355. The lowest BCUT2D eigenvalue weighted by Crippen LogP contribution is -2.49. The van der Waals surface area contributed by atoms with E-state index in [-0.39, 0.29) is 67.1 Å². The number of benzene rings is 2. The van der Waals surface area contributed by atoms with Gasteiger partial charge in [-0.25, -0.2) is 23.2 Å². The summed E-state index contributed by atoms with van der Waals surface area (Å²) < 4.78 is 74.6. The Morgan fingerprint density at radius 2 is 1.43 bits per heavy atom. The molecule has 2 aromatic carbocycles. The van der Waals surface area contributed by atoms with Crippen molar-refractivity contribution in [2.24, 2.45) is 11.1 Å². The van der Waals surface area contributed by atoms with Gasteiger partial charge in [0, 0.05) is 83.3 Å². The van der Waals surface area contributed by atoms with Gasteiger partial charge in [-0.1, -0.05) is 90.4 Å². The number of rotatable bonds is 29. The third-order valence-corrected chi connectivity index (χ3v) is 16.4. The van der Waals surface area contributed by atoms with Crippen molar-refractivity contribution in [3.05, 3.63) is 83.7 Å². The van der Waals surface area contributed by atoms with Crippen molar-refractivity contribution in [1.82, 2.24) is 25.4 Å². The predicted molar refractivity (Wildman–Crippen MR) is 294 cm³/mol. The van der Waals surface area contributed by atoms with Crippen LogP contribution >= 0.6 is 23.5 Å². The van der Waals surface area contributed by atoms with Crippen molar-refractivity contribution in [3.8, 4) is 11.1 Å². The highest BCUT2D eigenvalue weighted by molar-refractivity contribution is 8.00. The van der Waals surface area contributed by atoms with Gasteiger partial charge in [-0.05, 0) is 53.8 Å². The number of alkyl halides is 3. The number of carbonyl (C=O) groups excluding carboxylic acids is 5. The van der Waals surface area contributed by atoms with Crippen LogP contribution in [0.3, 0.4) is 0 Å². The second-order valence-electron chi connectivity index (χ2n) is 21.4. The van der Waals surface area contributed by atoms with E-state index in [4.69, 9.17) is 30.2 Å². The lowest BCUT2D eigenvalue weighted by molar-refractivity contribution is -0.192. The van der Waals surface area contributed by atoms with E-state index in [0.717, 1.165) is 41.6 Å². The van der Waals surface area contributed by atoms with Crippen LogP contribution in [-0.4, -0.2) is 152 Å². The number of hydrogen-bond donors (Lipinski definition) is 6. The summed E-state index contributed by atoms with van der Waals surface area (Å²) in [6.07, 6.45) is -3.58. The fourth-order valence-corrected chi connectivity index (χ4v) is 10.0. The first-order chi connectivity index (χ1) is 35.7. The summed E-state index contributed by atoms with van der Waals surface area (Å²) >= 11 is 2.24. The Morgan fingerprint density at radius 3 is 2.00 bits per heavy atom. The average Bonchev–Trinajstić information content (AvgIpc) is 3.71. The minimum Gasteiger partial charge on any atom is -0.480 e. The molecule has 77 heavy (non-hydrogen) atoms. The zero-order valence-corrected chi connectivity index (χ0v) is 48.8. The fourth-order valence-electron chi connectivity index (χ4n) is 6.99. The molecule has 0 aliphatic rings. The highest BCUT2D eigenvalue weighted by Gasteiger charge is 2.39. The minimum atomic E-state index is -5.08. The number of aromatic nitrogens is 1. The number of hydrogen-bond acceptors (Lipinski definition) is 12. The van der Waals surface area contributed by atoms with Gasteiger partial charge in [-0.3, -0.25) is 19.2 Å². The fraction of sp³-hybridized carbons (Fsp3) is 0.549. The van der Waals surface area contributed by atoms with Crippen LogP contribution in [0.1, 0.15) is 50.9 Å². The molecular formula is C51H75F5N6O11S2Si2. The van der Waals surface area contributed by atoms with E-state index in [1.54, 1.807) is 17.2 Å². The van der Waals surface area contributed by atoms with Gasteiger partial charge in [-0.15, -0.1) is 11.8 Å². The molecule has 3 rings (SSSR count). The number of halogens is 5. The molecule has 0 bridgehead atoms. The van der Waals surface area contributed by atoms with Gasteiger partial charge in [0.15, 0.2) is 0 Å². The summed E-state index contributed by atoms with van der Waals surface area (Å²) in [7, 11) is -3.00. The standard InChI is InChI=1S/C49H74F2N6O9S2Si2.C2HF3O2/c1-49(2,3)45(41-26-35(37-27-36(50)16-17-38(37)51)30-56(41)29-34-14-11-10-12-15-34)57(20-13-19-53-48(64)66-22-25-70(7,8)9)44(60)33-67-23-18-42(58)55-40(47(63)65-21-24-69(4,5)6)28-54-43(59)32-68-31-39(52)46(61)62;3-2(4,5)1(6)7/h10-12,14-17,26-27,30,39-40,45H,13,18-25,28-29,31-33,52H2,1-9H3,(H,53,64)(H,54,59)(H,55,58)(H,61,62);(H,6,7). The van der Waals surface area contributed by atoms with Gasteiger partial charge in [0.05, 0.1) is 30.8 Å². The third-order valence-electron chi connectivity index (χ3n) is 11.0. The number of carboxylic acids is 2. The van der Waals surface area contributed by atoms with Crippen LogP contribution < -0.4 is 21.7 Å². The molecule has 0 saturated heterocycles. The summed E-state index contributed by atoms with van der Waals surface area (Å²) in [6, 6.07) is 13.3. The Bertz CT molecular complexity index is 2420. The van der Waals surface area contributed by atoms with E-state index < -0.39 is 93.3 Å². The van der Waals surface area contributed by atoms with E-state index in [9.17, 15) is 46.3 Å². The maximum atomic E-state index is 15.4. The van der Waals surface area contributed by atoms with E-state index in [1.807, 2.05) is 55.7 Å². The maximum absolute atomic E-state index is 15.4.